The summed E-state index contributed by atoms with van der Waals surface area (Å²) < 4.78 is 0. The number of rotatable bonds is 2. The Bertz CT molecular complexity index is 391. The van der Waals surface area contributed by atoms with Crippen LogP contribution in [0.1, 0.15) is 25.3 Å². The lowest BCUT2D eigenvalue weighted by atomic mass is 10.1. The molecule has 0 aliphatic carbocycles. The van der Waals surface area contributed by atoms with Crippen molar-refractivity contribution >= 4 is 17.5 Å². The maximum atomic E-state index is 12.0. The fourth-order valence-corrected chi connectivity index (χ4v) is 2.41. The first-order chi connectivity index (χ1) is 7.68. The van der Waals surface area contributed by atoms with Crippen LogP contribution in [0, 0.1) is 0 Å². The quantitative estimate of drug-likeness (QED) is 0.775. The Morgan fingerprint density at radius 2 is 2.25 bits per heavy atom. The van der Waals surface area contributed by atoms with E-state index in [1.807, 2.05) is 29.2 Å². The minimum atomic E-state index is 0.193. The Morgan fingerprint density at radius 1 is 1.50 bits per heavy atom. The molecule has 86 valence electrons. The van der Waals surface area contributed by atoms with Gasteiger partial charge in [0.05, 0.1) is 6.42 Å². The smallest absolute Gasteiger partial charge is 0.227 e. The third-order valence-corrected chi connectivity index (χ3v) is 3.54. The topological polar surface area (TPSA) is 20.3 Å². The number of benzene rings is 1. The van der Waals surface area contributed by atoms with Crippen molar-refractivity contribution in [1.29, 1.82) is 0 Å². The van der Waals surface area contributed by atoms with Gasteiger partial charge in [-0.2, -0.15) is 0 Å². The van der Waals surface area contributed by atoms with Crippen LogP contribution in [0.5, 0.6) is 0 Å². The molecule has 0 radical (unpaired) electrons. The molecule has 2 nitrogen and oxygen atoms in total. The van der Waals surface area contributed by atoms with Gasteiger partial charge < -0.3 is 4.90 Å². The molecular weight excluding hydrogens is 222 g/mol. The van der Waals surface area contributed by atoms with E-state index in [-0.39, 0.29) is 5.91 Å². The molecule has 1 amide bonds. The Kier molecular flexibility index (Phi) is 3.49. The van der Waals surface area contributed by atoms with Gasteiger partial charge in [-0.15, -0.1) is 0 Å². The molecule has 1 aromatic carbocycles. The Labute approximate surface area is 101 Å². The SMILES string of the molecule is CC1CCCN1C(=O)Cc1ccccc1Cl. The third kappa shape index (κ3) is 2.38. The van der Waals surface area contributed by atoms with Crippen molar-refractivity contribution in [3.8, 4) is 0 Å². The summed E-state index contributed by atoms with van der Waals surface area (Å²) in [6, 6.07) is 7.94. The van der Waals surface area contributed by atoms with E-state index < -0.39 is 0 Å². The van der Waals surface area contributed by atoms with E-state index in [0.29, 0.717) is 17.5 Å². The van der Waals surface area contributed by atoms with E-state index >= 15 is 0 Å². The van der Waals surface area contributed by atoms with E-state index in [9.17, 15) is 4.79 Å². The van der Waals surface area contributed by atoms with Crippen LogP contribution in [0.25, 0.3) is 0 Å². The molecule has 1 aliphatic heterocycles. The fraction of sp³-hybridized carbons (Fsp3) is 0.462. The molecule has 1 heterocycles. The summed E-state index contributed by atoms with van der Waals surface area (Å²) in [6.07, 6.45) is 2.66. The van der Waals surface area contributed by atoms with Gasteiger partial charge in [-0.1, -0.05) is 29.8 Å². The zero-order valence-corrected chi connectivity index (χ0v) is 10.2. The summed E-state index contributed by atoms with van der Waals surface area (Å²) in [6.45, 7) is 3.00. The largest absolute Gasteiger partial charge is 0.340 e. The van der Waals surface area contributed by atoms with Gasteiger partial charge in [0.1, 0.15) is 0 Å². The molecule has 1 aliphatic rings. The summed E-state index contributed by atoms with van der Waals surface area (Å²) in [5.74, 6) is 0.193. The van der Waals surface area contributed by atoms with Gasteiger partial charge in [0.2, 0.25) is 5.91 Å². The highest BCUT2D eigenvalue weighted by molar-refractivity contribution is 6.31. The van der Waals surface area contributed by atoms with Crippen LogP contribution in [0.2, 0.25) is 5.02 Å². The number of hydrogen-bond donors (Lipinski definition) is 0. The summed E-state index contributed by atoms with van der Waals surface area (Å²) in [5.41, 5.74) is 0.924. The molecule has 2 rings (SSSR count). The minimum Gasteiger partial charge on any atom is -0.340 e. The lowest BCUT2D eigenvalue weighted by molar-refractivity contribution is -0.130. The number of carbonyl (C=O) groups is 1. The van der Waals surface area contributed by atoms with Crippen LogP contribution in [-0.4, -0.2) is 23.4 Å². The molecule has 16 heavy (non-hydrogen) atoms. The number of nitrogens with zero attached hydrogens (tertiary/aromatic N) is 1. The molecule has 1 unspecified atom stereocenters. The lowest BCUT2D eigenvalue weighted by Gasteiger charge is -2.21. The number of carbonyl (C=O) groups excluding carboxylic acids is 1. The number of halogens is 1. The Balaban J connectivity index is 2.05. The summed E-state index contributed by atoms with van der Waals surface area (Å²) in [5, 5.41) is 0.683. The average Bonchev–Trinajstić information content (AvgIpc) is 2.68. The molecule has 0 aromatic heterocycles. The molecular formula is C13H16ClNO. The van der Waals surface area contributed by atoms with Crippen LogP contribution in [0.4, 0.5) is 0 Å². The van der Waals surface area contributed by atoms with Crippen molar-refractivity contribution in [2.45, 2.75) is 32.2 Å². The summed E-state index contributed by atoms with van der Waals surface area (Å²) in [7, 11) is 0. The van der Waals surface area contributed by atoms with Crippen LogP contribution >= 0.6 is 11.6 Å². The molecule has 1 fully saturated rings. The van der Waals surface area contributed by atoms with E-state index in [0.717, 1.165) is 24.9 Å². The Morgan fingerprint density at radius 3 is 2.88 bits per heavy atom. The van der Waals surface area contributed by atoms with E-state index in [4.69, 9.17) is 11.6 Å². The van der Waals surface area contributed by atoms with Crippen molar-refractivity contribution < 1.29 is 4.79 Å². The van der Waals surface area contributed by atoms with Crippen molar-refractivity contribution in [3.63, 3.8) is 0 Å². The molecule has 1 saturated heterocycles. The monoisotopic (exact) mass is 237 g/mol. The highest BCUT2D eigenvalue weighted by atomic mass is 35.5. The zero-order valence-electron chi connectivity index (χ0n) is 9.45. The standard InChI is InChI=1S/C13H16ClNO/c1-10-5-4-8-15(10)13(16)9-11-6-2-3-7-12(11)14/h2-3,6-7,10H,4-5,8-9H2,1H3. The summed E-state index contributed by atoms with van der Waals surface area (Å²) in [4.78, 5) is 14.0. The second kappa shape index (κ2) is 4.88. The highest BCUT2D eigenvalue weighted by Crippen LogP contribution is 2.20. The van der Waals surface area contributed by atoms with Gasteiger partial charge in [0.25, 0.3) is 0 Å². The van der Waals surface area contributed by atoms with E-state index in [1.165, 1.54) is 0 Å². The first-order valence-electron chi connectivity index (χ1n) is 5.71. The second-order valence-corrected chi connectivity index (χ2v) is 4.75. The lowest BCUT2D eigenvalue weighted by Crippen LogP contribution is -2.34. The molecule has 1 aromatic rings. The van der Waals surface area contributed by atoms with Gasteiger partial charge in [0, 0.05) is 17.6 Å². The number of amides is 1. The van der Waals surface area contributed by atoms with Gasteiger partial charge >= 0.3 is 0 Å². The van der Waals surface area contributed by atoms with Gasteiger partial charge in [0.15, 0.2) is 0 Å². The van der Waals surface area contributed by atoms with Crippen LogP contribution in [0.15, 0.2) is 24.3 Å². The zero-order chi connectivity index (χ0) is 11.5. The van der Waals surface area contributed by atoms with Crippen molar-refractivity contribution in [1.82, 2.24) is 4.90 Å². The maximum Gasteiger partial charge on any atom is 0.227 e. The molecule has 0 spiro atoms. The first-order valence-corrected chi connectivity index (χ1v) is 6.09. The number of likely N-dealkylation sites (tertiary alicyclic amines) is 1. The maximum absolute atomic E-state index is 12.0. The van der Waals surface area contributed by atoms with Crippen molar-refractivity contribution in [2.24, 2.45) is 0 Å². The third-order valence-electron chi connectivity index (χ3n) is 3.17. The predicted molar refractivity (Wildman–Crippen MR) is 65.6 cm³/mol. The van der Waals surface area contributed by atoms with Crippen molar-refractivity contribution in [2.75, 3.05) is 6.54 Å². The normalized spacial score (nSPS) is 20.1. The van der Waals surface area contributed by atoms with Gasteiger partial charge in [-0.3, -0.25) is 4.79 Å². The number of hydrogen-bond acceptors (Lipinski definition) is 1. The molecule has 3 heteroatoms. The molecule has 0 N–H and O–H groups in total. The first kappa shape index (κ1) is 11.5. The van der Waals surface area contributed by atoms with E-state index in [1.54, 1.807) is 0 Å². The van der Waals surface area contributed by atoms with Gasteiger partial charge in [-0.25, -0.2) is 0 Å². The van der Waals surface area contributed by atoms with Crippen LogP contribution < -0.4 is 0 Å². The molecule has 1 atom stereocenters. The molecule has 0 bridgehead atoms. The Hall–Kier alpha value is -1.02. The van der Waals surface area contributed by atoms with Gasteiger partial charge in [-0.05, 0) is 31.4 Å². The summed E-state index contributed by atoms with van der Waals surface area (Å²) >= 11 is 6.04. The fourth-order valence-electron chi connectivity index (χ4n) is 2.21. The second-order valence-electron chi connectivity index (χ2n) is 4.35. The predicted octanol–water partition coefficient (Wildman–Crippen LogP) is 2.89. The minimum absolute atomic E-state index is 0.193. The van der Waals surface area contributed by atoms with Crippen LogP contribution in [0.3, 0.4) is 0 Å². The highest BCUT2D eigenvalue weighted by Gasteiger charge is 2.25. The molecule has 0 saturated carbocycles. The average molecular weight is 238 g/mol. The van der Waals surface area contributed by atoms with E-state index in [2.05, 4.69) is 6.92 Å². The van der Waals surface area contributed by atoms with Crippen LogP contribution in [-0.2, 0) is 11.2 Å². The van der Waals surface area contributed by atoms with Crippen molar-refractivity contribution in [3.05, 3.63) is 34.9 Å².